The van der Waals surface area contributed by atoms with Gasteiger partial charge in [-0.15, -0.1) is 0 Å². The van der Waals surface area contributed by atoms with E-state index in [9.17, 15) is 4.79 Å². The molecule has 0 unspecified atom stereocenters. The molecule has 23 heavy (non-hydrogen) atoms. The van der Waals surface area contributed by atoms with Crippen molar-refractivity contribution in [3.63, 3.8) is 0 Å². The summed E-state index contributed by atoms with van der Waals surface area (Å²) < 4.78 is 0. The Morgan fingerprint density at radius 3 is 2.57 bits per heavy atom. The second kappa shape index (κ2) is 8.06. The Kier molecular flexibility index (Phi) is 5.84. The molecule has 0 spiro atoms. The van der Waals surface area contributed by atoms with E-state index in [0.29, 0.717) is 6.04 Å². The van der Waals surface area contributed by atoms with Crippen molar-refractivity contribution < 1.29 is 4.79 Å². The molecule has 2 saturated heterocycles. The van der Waals surface area contributed by atoms with Crippen LogP contribution in [-0.4, -0.2) is 59.4 Å². The maximum atomic E-state index is 11.4. The third-order valence-electron chi connectivity index (χ3n) is 4.71. The number of rotatable bonds is 4. The van der Waals surface area contributed by atoms with Crippen LogP contribution < -0.4 is 5.32 Å². The number of anilines is 1. The van der Waals surface area contributed by atoms with Crippen LogP contribution in [-0.2, 0) is 11.3 Å². The highest BCUT2D eigenvalue weighted by molar-refractivity contribution is 7.99. The predicted molar refractivity (Wildman–Crippen MR) is 97.9 cm³/mol. The maximum absolute atomic E-state index is 11.4. The number of benzene rings is 1. The van der Waals surface area contributed by atoms with E-state index in [1.54, 1.807) is 6.92 Å². The quantitative estimate of drug-likeness (QED) is 0.919. The zero-order chi connectivity index (χ0) is 16.1. The molecule has 5 heteroatoms. The van der Waals surface area contributed by atoms with Gasteiger partial charge in [0, 0.05) is 57.1 Å². The minimum absolute atomic E-state index is 0.195. The summed E-state index contributed by atoms with van der Waals surface area (Å²) >= 11 is 2.05. The second-order valence-corrected chi connectivity index (χ2v) is 7.69. The van der Waals surface area contributed by atoms with Crippen LogP contribution in [0.1, 0.15) is 25.3 Å². The van der Waals surface area contributed by atoms with Crippen LogP contribution in [0.4, 0.5) is 5.69 Å². The van der Waals surface area contributed by atoms with Crippen LogP contribution >= 0.6 is 11.8 Å². The lowest BCUT2D eigenvalue weighted by atomic mass is 10.1. The molecule has 1 amide bonds. The van der Waals surface area contributed by atoms with Gasteiger partial charge in [-0.1, -0.05) is 12.1 Å². The lowest BCUT2D eigenvalue weighted by Gasteiger charge is -2.34. The molecule has 3 rings (SSSR count). The zero-order valence-corrected chi connectivity index (χ0v) is 14.8. The maximum Gasteiger partial charge on any atom is 0.219 e. The SMILES string of the molecule is CC(=O)N1CCN(Cc2ccc(N[C@@H]3CCCSC3)cc2)CC1. The lowest BCUT2D eigenvalue weighted by Crippen LogP contribution is -2.47. The van der Waals surface area contributed by atoms with Crippen LogP contribution in [0.3, 0.4) is 0 Å². The summed E-state index contributed by atoms with van der Waals surface area (Å²) in [5.74, 6) is 2.73. The summed E-state index contributed by atoms with van der Waals surface area (Å²) in [6.45, 7) is 6.29. The molecule has 126 valence electrons. The third-order valence-corrected chi connectivity index (χ3v) is 5.92. The van der Waals surface area contributed by atoms with Crippen molar-refractivity contribution in [2.45, 2.75) is 32.4 Å². The summed E-state index contributed by atoms with van der Waals surface area (Å²) in [5, 5.41) is 3.65. The van der Waals surface area contributed by atoms with Gasteiger partial charge in [0.1, 0.15) is 0 Å². The van der Waals surface area contributed by atoms with Gasteiger partial charge in [-0.2, -0.15) is 11.8 Å². The number of carbonyl (C=O) groups is 1. The van der Waals surface area contributed by atoms with Gasteiger partial charge in [-0.05, 0) is 36.3 Å². The first-order valence-corrected chi connectivity index (χ1v) is 9.77. The molecule has 2 aliphatic rings. The summed E-state index contributed by atoms with van der Waals surface area (Å²) in [7, 11) is 0. The van der Waals surface area contributed by atoms with Gasteiger partial charge in [0.15, 0.2) is 0 Å². The van der Waals surface area contributed by atoms with Crippen molar-refractivity contribution in [2.24, 2.45) is 0 Å². The first-order valence-electron chi connectivity index (χ1n) is 8.62. The van der Waals surface area contributed by atoms with Gasteiger partial charge >= 0.3 is 0 Å². The van der Waals surface area contributed by atoms with E-state index in [0.717, 1.165) is 32.7 Å². The fourth-order valence-corrected chi connectivity index (χ4v) is 4.35. The molecule has 0 saturated carbocycles. The average molecular weight is 334 g/mol. The lowest BCUT2D eigenvalue weighted by molar-refractivity contribution is -0.130. The van der Waals surface area contributed by atoms with Gasteiger partial charge in [0.25, 0.3) is 0 Å². The predicted octanol–water partition coefficient (Wildman–Crippen LogP) is 2.66. The number of hydrogen-bond donors (Lipinski definition) is 1. The molecule has 4 nitrogen and oxygen atoms in total. The topological polar surface area (TPSA) is 35.6 Å². The normalized spacial score (nSPS) is 22.8. The Morgan fingerprint density at radius 2 is 1.96 bits per heavy atom. The van der Waals surface area contributed by atoms with Gasteiger partial charge in [0.05, 0.1) is 0 Å². The van der Waals surface area contributed by atoms with Gasteiger partial charge in [-0.25, -0.2) is 0 Å². The average Bonchev–Trinajstić information content (AvgIpc) is 2.58. The summed E-state index contributed by atoms with van der Waals surface area (Å²) in [5.41, 5.74) is 2.59. The van der Waals surface area contributed by atoms with E-state index in [-0.39, 0.29) is 5.91 Å². The number of hydrogen-bond acceptors (Lipinski definition) is 4. The van der Waals surface area contributed by atoms with Gasteiger partial charge < -0.3 is 10.2 Å². The molecule has 1 atom stereocenters. The van der Waals surface area contributed by atoms with Crippen molar-refractivity contribution in [2.75, 3.05) is 43.0 Å². The largest absolute Gasteiger partial charge is 0.381 e. The van der Waals surface area contributed by atoms with Crippen molar-refractivity contribution >= 4 is 23.4 Å². The molecule has 2 aliphatic heterocycles. The fraction of sp³-hybridized carbons (Fsp3) is 0.611. The third kappa shape index (κ3) is 4.88. The molecule has 1 N–H and O–H groups in total. The summed E-state index contributed by atoms with van der Waals surface area (Å²) in [6, 6.07) is 9.51. The smallest absolute Gasteiger partial charge is 0.219 e. The highest BCUT2D eigenvalue weighted by Crippen LogP contribution is 2.21. The van der Waals surface area contributed by atoms with Crippen LogP contribution in [0.15, 0.2) is 24.3 Å². The highest BCUT2D eigenvalue weighted by atomic mass is 32.2. The Hall–Kier alpha value is -1.20. The Labute approximate surface area is 143 Å². The molecule has 2 fully saturated rings. The zero-order valence-electron chi connectivity index (χ0n) is 14.0. The first kappa shape index (κ1) is 16.7. The molecule has 0 aliphatic carbocycles. The highest BCUT2D eigenvalue weighted by Gasteiger charge is 2.18. The molecular formula is C18H27N3OS. The van der Waals surface area contributed by atoms with Crippen molar-refractivity contribution in [3.8, 4) is 0 Å². The first-order chi connectivity index (χ1) is 11.2. The van der Waals surface area contributed by atoms with E-state index in [2.05, 4.69) is 46.2 Å². The van der Waals surface area contributed by atoms with E-state index >= 15 is 0 Å². The summed E-state index contributed by atoms with van der Waals surface area (Å²) in [6.07, 6.45) is 2.61. The van der Waals surface area contributed by atoms with Crippen LogP contribution in [0.5, 0.6) is 0 Å². The molecular weight excluding hydrogens is 306 g/mol. The molecule has 0 radical (unpaired) electrons. The van der Waals surface area contributed by atoms with E-state index < -0.39 is 0 Å². The monoisotopic (exact) mass is 333 g/mol. The molecule has 2 heterocycles. The Bertz CT molecular complexity index is 506. The fourth-order valence-electron chi connectivity index (χ4n) is 3.28. The van der Waals surface area contributed by atoms with E-state index in [1.807, 2.05) is 4.90 Å². The van der Waals surface area contributed by atoms with Crippen molar-refractivity contribution in [1.82, 2.24) is 9.80 Å². The minimum Gasteiger partial charge on any atom is -0.381 e. The van der Waals surface area contributed by atoms with Crippen LogP contribution in [0.25, 0.3) is 0 Å². The number of carbonyl (C=O) groups excluding carboxylic acids is 1. The number of amides is 1. The standard InChI is InChI=1S/C18H27N3OS/c1-15(22)21-10-8-20(9-11-21)13-16-4-6-17(7-5-16)19-18-3-2-12-23-14-18/h4-7,18-19H,2-3,8-14H2,1H3/t18-/m1/s1. The van der Waals surface area contributed by atoms with Crippen LogP contribution in [0.2, 0.25) is 0 Å². The van der Waals surface area contributed by atoms with Gasteiger partial charge in [-0.3, -0.25) is 9.69 Å². The van der Waals surface area contributed by atoms with Crippen molar-refractivity contribution in [3.05, 3.63) is 29.8 Å². The molecule has 1 aromatic rings. The van der Waals surface area contributed by atoms with Crippen molar-refractivity contribution in [1.29, 1.82) is 0 Å². The number of thioether (sulfide) groups is 1. The van der Waals surface area contributed by atoms with Crippen LogP contribution in [0, 0.1) is 0 Å². The number of piperazine rings is 1. The van der Waals surface area contributed by atoms with E-state index in [1.165, 1.54) is 35.6 Å². The second-order valence-electron chi connectivity index (χ2n) is 6.54. The molecule has 0 bridgehead atoms. The number of nitrogens with zero attached hydrogens (tertiary/aromatic N) is 2. The Morgan fingerprint density at radius 1 is 1.22 bits per heavy atom. The minimum atomic E-state index is 0.195. The molecule has 1 aromatic carbocycles. The van der Waals surface area contributed by atoms with E-state index in [4.69, 9.17) is 0 Å². The Balaban J connectivity index is 1.47. The number of nitrogens with one attached hydrogen (secondary N) is 1. The van der Waals surface area contributed by atoms with Gasteiger partial charge in [0.2, 0.25) is 5.91 Å². The molecule has 0 aromatic heterocycles. The summed E-state index contributed by atoms with van der Waals surface area (Å²) in [4.78, 5) is 15.7.